The molecule has 21 heavy (non-hydrogen) atoms. The number of hydrogen-bond acceptors (Lipinski definition) is 4. The predicted octanol–water partition coefficient (Wildman–Crippen LogP) is 1.42. The quantitative estimate of drug-likeness (QED) is 0.913. The number of nitrogens with two attached hydrogens (primary N) is 1. The van der Waals surface area contributed by atoms with Gasteiger partial charge in [0.05, 0.1) is 4.90 Å². The monoisotopic (exact) mass is 311 g/mol. The molecule has 6 heteroatoms. The summed E-state index contributed by atoms with van der Waals surface area (Å²) in [5.74, 6) is 0. The van der Waals surface area contributed by atoms with Crippen molar-refractivity contribution in [3.05, 3.63) is 29.8 Å². The van der Waals surface area contributed by atoms with Crippen molar-refractivity contribution in [1.29, 1.82) is 0 Å². The number of piperidine rings is 1. The SMILES string of the molecule is CC(c1ccc(S(=O)(=O)N(C)C)cc1)N1CCC(N)CC1. The highest BCUT2D eigenvalue weighted by atomic mass is 32.2. The van der Waals surface area contributed by atoms with Crippen molar-refractivity contribution < 1.29 is 8.42 Å². The molecule has 1 saturated heterocycles. The van der Waals surface area contributed by atoms with E-state index in [1.165, 1.54) is 4.31 Å². The largest absolute Gasteiger partial charge is 0.328 e. The summed E-state index contributed by atoms with van der Waals surface area (Å²) in [6.45, 7) is 4.16. The minimum Gasteiger partial charge on any atom is -0.328 e. The summed E-state index contributed by atoms with van der Waals surface area (Å²) < 4.78 is 25.3. The third kappa shape index (κ3) is 3.63. The molecule has 5 nitrogen and oxygen atoms in total. The van der Waals surface area contributed by atoms with E-state index in [2.05, 4.69) is 11.8 Å². The lowest BCUT2D eigenvalue weighted by molar-refractivity contribution is 0.163. The predicted molar refractivity (Wildman–Crippen MR) is 84.5 cm³/mol. The first-order chi connectivity index (χ1) is 9.82. The van der Waals surface area contributed by atoms with Gasteiger partial charge in [-0.1, -0.05) is 12.1 Å². The van der Waals surface area contributed by atoms with Crippen LogP contribution in [0.3, 0.4) is 0 Å². The van der Waals surface area contributed by atoms with Crippen LogP contribution in [-0.2, 0) is 10.0 Å². The summed E-state index contributed by atoms with van der Waals surface area (Å²) in [4.78, 5) is 2.74. The van der Waals surface area contributed by atoms with Gasteiger partial charge in [-0.15, -0.1) is 0 Å². The molecule has 1 aromatic rings. The van der Waals surface area contributed by atoms with Crippen LogP contribution in [0.15, 0.2) is 29.2 Å². The van der Waals surface area contributed by atoms with Gasteiger partial charge in [0, 0.05) is 39.3 Å². The first kappa shape index (κ1) is 16.4. The highest BCUT2D eigenvalue weighted by Gasteiger charge is 2.22. The van der Waals surface area contributed by atoms with Crippen molar-refractivity contribution in [2.75, 3.05) is 27.2 Å². The third-order valence-electron chi connectivity index (χ3n) is 4.26. The molecule has 1 aliphatic rings. The van der Waals surface area contributed by atoms with Crippen LogP contribution in [0.5, 0.6) is 0 Å². The van der Waals surface area contributed by atoms with Crippen molar-refractivity contribution in [3.63, 3.8) is 0 Å². The van der Waals surface area contributed by atoms with Crippen LogP contribution in [0, 0.1) is 0 Å². The zero-order valence-corrected chi connectivity index (χ0v) is 13.8. The van der Waals surface area contributed by atoms with E-state index in [1.807, 2.05) is 12.1 Å². The molecule has 2 N–H and O–H groups in total. The van der Waals surface area contributed by atoms with Crippen LogP contribution < -0.4 is 5.73 Å². The fraction of sp³-hybridized carbons (Fsp3) is 0.600. The van der Waals surface area contributed by atoms with Gasteiger partial charge < -0.3 is 5.73 Å². The Morgan fingerprint density at radius 1 is 1.19 bits per heavy atom. The van der Waals surface area contributed by atoms with E-state index in [0.717, 1.165) is 31.5 Å². The number of hydrogen-bond donors (Lipinski definition) is 1. The molecule has 0 bridgehead atoms. The molecule has 0 spiro atoms. The maximum Gasteiger partial charge on any atom is 0.242 e. The fourth-order valence-corrected chi connectivity index (χ4v) is 3.55. The first-order valence-electron chi connectivity index (χ1n) is 7.34. The van der Waals surface area contributed by atoms with Crippen LogP contribution in [0.25, 0.3) is 0 Å². The molecule has 0 saturated carbocycles. The van der Waals surface area contributed by atoms with Crippen LogP contribution in [0.1, 0.15) is 31.4 Å². The van der Waals surface area contributed by atoms with E-state index in [0.29, 0.717) is 10.9 Å². The lowest BCUT2D eigenvalue weighted by atomic mass is 10.0. The zero-order valence-electron chi connectivity index (χ0n) is 13.0. The molecule has 1 aliphatic heterocycles. The van der Waals surface area contributed by atoms with Crippen LogP contribution >= 0.6 is 0 Å². The minimum atomic E-state index is -3.35. The molecule has 1 unspecified atom stereocenters. The molecule has 0 radical (unpaired) electrons. The van der Waals surface area contributed by atoms with Gasteiger partial charge in [-0.25, -0.2) is 12.7 Å². The Hall–Kier alpha value is -0.950. The van der Waals surface area contributed by atoms with Gasteiger partial charge in [0.2, 0.25) is 10.0 Å². The summed E-state index contributed by atoms with van der Waals surface area (Å²) in [5, 5.41) is 0. The molecule has 1 fully saturated rings. The maximum absolute atomic E-state index is 12.1. The lowest BCUT2D eigenvalue weighted by Gasteiger charge is -2.35. The summed E-state index contributed by atoms with van der Waals surface area (Å²) in [6, 6.07) is 7.81. The summed E-state index contributed by atoms with van der Waals surface area (Å²) in [7, 11) is -0.259. The van der Waals surface area contributed by atoms with Crippen molar-refractivity contribution in [2.24, 2.45) is 5.73 Å². The van der Waals surface area contributed by atoms with Gasteiger partial charge in [-0.05, 0) is 37.5 Å². The number of nitrogens with zero attached hydrogens (tertiary/aromatic N) is 2. The normalized spacial score (nSPS) is 19.9. The smallest absolute Gasteiger partial charge is 0.242 e. The number of rotatable bonds is 4. The number of benzene rings is 1. The van der Waals surface area contributed by atoms with E-state index in [-0.39, 0.29) is 6.04 Å². The Morgan fingerprint density at radius 2 is 1.71 bits per heavy atom. The fourth-order valence-electron chi connectivity index (χ4n) is 2.65. The average Bonchev–Trinajstić information content (AvgIpc) is 2.47. The van der Waals surface area contributed by atoms with Crippen molar-refractivity contribution >= 4 is 10.0 Å². The molecule has 1 aromatic carbocycles. The summed E-state index contributed by atoms with van der Waals surface area (Å²) >= 11 is 0. The zero-order chi connectivity index (χ0) is 15.6. The van der Waals surface area contributed by atoms with E-state index >= 15 is 0 Å². The molecule has 0 aromatic heterocycles. The average molecular weight is 311 g/mol. The molecule has 118 valence electrons. The topological polar surface area (TPSA) is 66.6 Å². The molecule has 0 aliphatic carbocycles. The van der Waals surface area contributed by atoms with E-state index < -0.39 is 10.0 Å². The van der Waals surface area contributed by atoms with E-state index in [9.17, 15) is 8.42 Å². The second kappa shape index (κ2) is 6.44. The standard InChI is InChI=1S/C15H25N3O2S/c1-12(18-10-8-14(16)9-11-18)13-4-6-15(7-5-13)21(19,20)17(2)3/h4-7,12,14H,8-11,16H2,1-3H3. The Morgan fingerprint density at radius 3 is 2.19 bits per heavy atom. The van der Waals surface area contributed by atoms with Crippen LogP contribution in [-0.4, -0.2) is 50.8 Å². The molecule has 2 rings (SSSR count). The second-order valence-corrected chi connectivity index (χ2v) is 8.06. The molecule has 1 heterocycles. The number of likely N-dealkylation sites (tertiary alicyclic amines) is 1. The van der Waals surface area contributed by atoms with Gasteiger partial charge in [0.1, 0.15) is 0 Å². The third-order valence-corrected chi connectivity index (χ3v) is 6.09. The van der Waals surface area contributed by atoms with E-state index in [1.54, 1.807) is 26.2 Å². The highest BCUT2D eigenvalue weighted by Crippen LogP contribution is 2.25. The molecule has 1 atom stereocenters. The van der Waals surface area contributed by atoms with Gasteiger partial charge in [0.25, 0.3) is 0 Å². The van der Waals surface area contributed by atoms with Gasteiger partial charge >= 0.3 is 0 Å². The van der Waals surface area contributed by atoms with Crippen LogP contribution in [0.2, 0.25) is 0 Å². The molecule has 0 amide bonds. The second-order valence-electron chi connectivity index (χ2n) is 5.91. The van der Waals surface area contributed by atoms with Crippen LogP contribution in [0.4, 0.5) is 0 Å². The maximum atomic E-state index is 12.1. The van der Waals surface area contributed by atoms with Crippen molar-refractivity contribution in [2.45, 2.75) is 36.7 Å². The minimum absolute atomic E-state index is 0.286. The van der Waals surface area contributed by atoms with E-state index in [4.69, 9.17) is 5.73 Å². The first-order valence-corrected chi connectivity index (χ1v) is 8.78. The lowest BCUT2D eigenvalue weighted by Crippen LogP contribution is -2.40. The van der Waals surface area contributed by atoms with Crippen molar-refractivity contribution in [1.82, 2.24) is 9.21 Å². The summed E-state index contributed by atoms with van der Waals surface area (Å²) in [5.41, 5.74) is 7.08. The van der Waals surface area contributed by atoms with Gasteiger partial charge in [-0.3, -0.25) is 4.90 Å². The Bertz CT molecular complexity index is 561. The molecular formula is C15H25N3O2S. The Kier molecular flexibility index (Phi) is 5.03. The van der Waals surface area contributed by atoms with Gasteiger partial charge in [-0.2, -0.15) is 0 Å². The Balaban J connectivity index is 2.12. The summed E-state index contributed by atoms with van der Waals surface area (Å²) in [6.07, 6.45) is 2.05. The number of sulfonamides is 1. The van der Waals surface area contributed by atoms with Crippen molar-refractivity contribution in [3.8, 4) is 0 Å². The highest BCUT2D eigenvalue weighted by molar-refractivity contribution is 7.89. The van der Waals surface area contributed by atoms with Gasteiger partial charge in [0.15, 0.2) is 0 Å². The Labute approximate surface area is 127 Å². The molecular weight excluding hydrogens is 286 g/mol.